The lowest BCUT2D eigenvalue weighted by molar-refractivity contribution is -0.139. The molecule has 0 spiro atoms. The minimum Gasteiger partial charge on any atom is -0.479 e. The maximum absolute atomic E-state index is 14.4. The van der Waals surface area contributed by atoms with E-state index in [1.165, 1.54) is 12.1 Å². The molecule has 0 saturated carbocycles. The van der Waals surface area contributed by atoms with Gasteiger partial charge in [0.2, 0.25) is 10.0 Å². The average molecular weight is 643 g/mol. The standard InChI is InChI=1S/C34H27FN2O8S/c1-2-45-34(42)21-15-23(35)17-24(16-21)46(43,44)37-13-12-19-10-11-20(14-22(19)18-37)30(33(40)41)36-32(39)28-9-5-8-27-29(28)25-6-3-4-7-26(25)31(27)38/h3-11,14-17,30H,2,12-13,18H2,1H3,(H,36,39)(H,40,41). The molecule has 1 aliphatic carbocycles. The third kappa shape index (κ3) is 5.46. The lowest BCUT2D eigenvalue weighted by Gasteiger charge is -2.29. The number of ether oxygens (including phenoxy) is 1. The average Bonchev–Trinajstić information content (AvgIpc) is 3.34. The van der Waals surface area contributed by atoms with Crippen LogP contribution in [0.15, 0.2) is 83.8 Å². The topological polar surface area (TPSA) is 147 Å². The number of carboxylic acid groups (broad SMARTS) is 1. The van der Waals surface area contributed by atoms with Gasteiger partial charge in [-0.1, -0.05) is 54.6 Å². The molecule has 4 aromatic carbocycles. The lowest BCUT2D eigenvalue weighted by atomic mass is 9.95. The quantitative estimate of drug-likeness (QED) is 0.235. The Balaban J connectivity index is 1.28. The number of nitrogens with zero attached hydrogens (tertiary/aromatic N) is 1. The number of fused-ring (bicyclic) bond motifs is 4. The fourth-order valence-electron chi connectivity index (χ4n) is 5.89. The van der Waals surface area contributed by atoms with Gasteiger partial charge in [0.15, 0.2) is 11.8 Å². The van der Waals surface area contributed by atoms with Crippen molar-refractivity contribution in [2.45, 2.75) is 30.8 Å². The van der Waals surface area contributed by atoms with Gasteiger partial charge in [-0.15, -0.1) is 0 Å². The zero-order chi connectivity index (χ0) is 32.7. The van der Waals surface area contributed by atoms with E-state index in [4.69, 9.17) is 4.74 Å². The van der Waals surface area contributed by atoms with Gasteiger partial charge in [-0.2, -0.15) is 4.31 Å². The van der Waals surface area contributed by atoms with Crippen molar-refractivity contribution < 1.29 is 41.8 Å². The first kappa shape index (κ1) is 30.8. The molecular formula is C34H27FN2O8S. The van der Waals surface area contributed by atoms with Crippen LogP contribution in [0.25, 0.3) is 11.1 Å². The van der Waals surface area contributed by atoms with Gasteiger partial charge in [-0.05, 0) is 59.9 Å². The molecule has 1 aliphatic heterocycles. The summed E-state index contributed by atoms with van der Waals surface area (Å²) in [5.74, 6) is -4.03. The number of benzene rings is 4. The maximum Gasteiger partial charge on any atom is 0.338 e. The van der Waals surface area contributed by atoms with Crippen LogP contribution < -0.4 is 5.32 Å². The lowest BCUT2D eigenvalue weighted by Crippen LogP contribution is -2.37. The highest BCUT2D eigenvalue weighted by molar-refractivity contribution is 7.89. The first-order valence-electron chi connectivity index (χ1n) is 14.4. The number of esters is 1. The first-order chi connectivity index (χ1) is 22.0. The number of carboxylic acids is 1. The summed E-state index contributed by atoms with van der Waals surface area (Å²) in [6.07, 6.45) is 0.294. The Morgan fingerprint density at radius 2 is 1.70 bits per heavy atom. The molecule has 0 saturated heterocycles. The fraction of sp³-hybridized carbons (Fsp3) is 0.176. The Labute approximate surface area is 263 Å². The zero-order valence-corrected chi connectivity index (χ0v) is 25.3. The van der Waals surface area contributed by atoms with Crippen LogP contribution in [0, 0.1) is 5.82 Å². The molecule has 0 fully saturated rings. The summed E-state index contributed by atoms with van der Waals surface area (Å²) in [5.41, 5.74) is 3.23. The van der Waals surface area contributed by atoms with Crippen molar-refractivity contribution in [2.75, 3.05) is 13.2 Å². The molecule has 12 heteroatoms. The van der Waals surface area contributed by atoms with Crippen molar-refractivity contribution >= 4 is 33.7 Å². The molecule has 1 unspecified atom stereocenters. The van der Waals surface area contributed by atoms with Gasteiger partial charge in [-0.3, -0.25) is 9.59 Å². The number of carbonyl (C=O) groups excluding carboxylic acids is 3. The van der Waals surface area contributed by atoms with Crippen molar-refractivity contribution in [3.63, 3.8) is 0 Å². The highest BCUT2D eigenvalue weighted by Crippen LogP contribution is 2.39. The predicted molar refractivity (Wildman–Crippen MR) is 163 cm³/mol. The number of ketones is 1. The minimum atomic E-state index is -4.27. The molecule has 10 nitrogen and oxygen atoms in total. The van der Waals surface area contributed by atoms with Crippen LogP contribution in [0.2, 0.25) is 0 Å². The van der Waals surface area contributed by atoms with Crippen LogP contribution in [0.1, 0.15) is 66.3 Å². The molecule has 6 rings (SSSR count). The van der Waals surface area contributed by atoms with E-state index in [1.807, 2.05) is 0 Å². The second-order valence-electron chi connectivity index (χ2n) is 10.9. The molecule has 2 N–H and O–H groups in total. The van der Waals surface area contributed by atoms with Crippen LogP contribution in [0.3, 0.4) is 0 Å². The van der Waals surface area contributed by atoms with Crippen molar-refractivity contribution in [3.8, 4) is 11.1 Å². The molecule has 0 radical (unpaired) electrons. The van der Waals surface area contributed by atoms with E-state index >= 15 is 0 Å². The number of sulfonamides is 1. The van der Waals surface area contributed by atoms with Crippen LogP contribution in [-0.2, 0) is 32.5 Å². The van der Waals surface area contributed by atoms with Crippen LogP contribution in [0.5, 0.6) is 0 Å². The molecule has 0 aromatic heterocycles. The van der Waals surface area contributed by atoms with Gasteiger partial charge in [0.1, 0.15) is 5.82 Å². The zero-order valence-electron chi connectivity index (χ0n) is 24.4. The van der Waals surface area contributed by atoms with E-state index in [2.05, 4.69) is 5.32 Å². The minimum absolute atomic E-state index is 0.0294. The van der Waals surface area contributed by atoms with Crippen molar-refractivity contribution in [2.24, 2.45) is 0 Å². The summed E-state index contributed by atoms with van der Waals surface area (Å²) in [6.45, 7) is 1.52. The molecule has 1 atom stereocenters. The van der Waals surface area contributed by atoms with E-state index in [1.54, 1.807) is 55.5 Å². The summed E-state index contributed by atoms with van der Waals surface area (Å²) < 4.78 is 47.5. The summed E-state index contributed by atoms with van der Waals surface area (Å²) in [5, 5.41) is 12.7. The highest BCUT2D eigenvalue weighted by Gasteiger charge is 2.33. The molecule has 4 aromatic rings. The summed E-state index contributed by atoms with van der Waals surface area (Å²) >= 11 is 0. The van der Waals surface area contributed by atoms with Crippen LogP contribution in [0.4, 0.5) is 4.39 Å². The number of hydrogen-bond donors (Lipinski definition) is 2. The van der Waals surface area contributed by atoms with E-state index in [0.717, 1.165) is 28.1 Å². The number of hydrogen-bond acceptors (Lipinski definition) is 7. The fourth-order valence-corrected chi connectivity index (χ4v) is 7.37. The number of rotatable bonds is 8. The molecule has 46 heavy (non-hydrogen) atoms. The van der Waals surface area contributed by atoms with E-state index in [9.17, 15) is 37.1 Å². The van der Waals surface area contributed by atoms with E-state index in [0.29, 0.717) is 34.2 Å². The third-order valence-corrected chi connectivity index (χ3v) is 9.90. The normalized spacial score (nSPS) is 14.5. The van der Waals surface area contributed by atoms with Gasteiger partial charge < -0.3 is 15.2 Å². The molecule has 0 bridgehead atoms. The smallest absolute Gasteiger partial charge is 0.338 e. The van der Waals surface area contributed by atoms with E-state index < -0.39 is 44.6 Å². The maximum atomic E-state index is 14.4. The number of aliphatic carboxylic acids is 1. The highest BCUT2D eigenvalue weighted by atomic mass is 32.2. The number of carbonyl (C=O) groups is 4. The Morgan fingerprint density at radius 1 is 0.957 bits per heavy atom. The van der Waals surface area contributed by atoms with Gasteiger partial charge in [-0.25, -0.2) is 22.4 Å². The number of nitrogens with one attached hydrogen (secondary N) is 1. The molecule has 1 heterocycles. The van der Waals surface area contributed by atoms with Crippen molar-refractivity contribution in [1.29, 1.82) is 0 Å². The second-order valence-corrected chi connectivity index (χ2v) is 12.8. The summed E-state index contributed by atoms with van der Waals surface area (Å²) in [4.78, 5) is 50.7. The molecule has 234 valence electrons. The Morgan fingerprint density at radius 3 is 2.43 bits per heavy atom. The third-order valence-electron chi connectivity index (χ3n) is 8.08. The van der Waals surface area contributed by atoms with Gasteiger partial charge in [0.25, 0.3) is 5.91 Å². The van der Waals surface area contributed by atoms with Crippen molar-refractivity contribution in [1.82, 2.24) is 9.62 Å². The number of halogens is 1. The predicted octanol–water partition coefficient (Wildman–Crippen LogP) is 4.52. The van der Waals surface area contributed by atoms with Crippen LogP contribution >= 0.6 is 0 Å². The second kappa shape index (κ2) is 12.0. The summed E-state index contributed by atoms with van der Waals surface area (Å²) in [6, 6.07) is 17.7. The largest absolute Gasteiger partial charge is 0.479 e. The van der Waals surface area contributed by atoms with Gasteiger partial charge >= 0.3 is 11.9 Å². The van der Waals surface area contributed by atoms with Gasteiger partial charge in [0.05, 0.1) is 17.1 Å². The van der Waals surface area contributed by atoms with Crippen LogP contribution in [-0.4, -0.2) is 54.6 Å². The molecular weight excluding hydrogens is 615 g/mol. The van der Waals surface area contributed by atoms with E-state index in [-0.39, 0.29) is 42.2 Å². The van der Waals surface area contributed by atoms with Crippen molar-refractivity contribution in [3.05, 3.63) is 124 Å². The Kier molecular flexibility index (Phi) is 8.01. The molecule has 2 aliphatic rings. The van der Waals surface area contributed by atoms with Gasteiger partial charge in [0, 0.05) is 35.3 Å². The SMILES string of the molecule is CCOC(=O)c1cc(F)cc(S(=O)(=O)N2CCc3ccc(C(NC(=O)c4cccc5c4-c4ccccc4C5=O)C(=O)O)cc3C2)c1. The monoisotopic (exact) mass is 642 g/mol. The summed E-state index contributed by atoms with van der Waals surface area (Å²) in [7, 11) is -4.27. The number of amides is 1. The Bertz CT molecular complexity index is 2060. The first-order valence-corrected chi connectivity index (χ1v) is 15.8. The molecule has 1 amide bonds. The Hall–Kier alpha value is -5.20.